The number of halogens is 4. The molecular weight excluding hydrogens is 350 g/mol. The second-order valence-corrected chi connectivity index (χ2v) is 5.92. The van der Waals surface area contributed by atoms with Gasteiger partial charge in [0.25, 0.3) is 0 Å². The average Bonchev–Trinajstić information content (AvgIpc) is 2.59. The predicted octanol–water partition coefficient (Wildman–Crippen LogP) is 4.66. The highest BCUT2D eigenvalue weighted by atomic mass is 19.4. The summed E-state index contributed by atoms with van der Waals surface area (Å²) in [4.78, 5) is 12.1. The number of nitrogens with one attached hydrogen (secondary N) is 1. The molecule has 1 amide bonds. The van der Waals surface area contributed by atoms with Crippen LogP contribution in [0.2, 0.25) is 0 Å². The second-order valence-electron chi connectivity index (χ2n) is 5.92. The number of para-hydroxylation sites is 1. The Hall–Kier alpha value is -2.57. The fourth-order valence-corrected chi connectivity index (χ4v) is 2.69. The molecule has 0 aliphatic rings. The Kier molecular flexibility index (Phi) is 6.23. The first-order chi connectivity index (χ1) is 12.2. The minimum Gasteiger partial charge on any atom is -0.496 e. The number of carbonyl (C=O) groups excluding carboxylic acids is 1. The van der Waals surface area contributed by atoms with Gasteiger partial charge in [-0.05, 0) is 35.2 Å². The third kappa shape index (κ3) is 4.97. The molecule has 3 nitrogen and oxygen atoms in total. The van der Waals surface area contributed by atoms with E-state index in [0.717, 1.165) is 17.7 Å². The lowest BCUT2D eigenvalue weighted by atomic mass is 9.96. The van der Waals surface area contributed by atoms with E-state index in [1.165, 1.54) is 7.11 Å². The van der Waals surface area contributed by atoms with Crippen LogP contribution in [-0.4, -0.2) is 13.0 Å². The highest BCUT2D eigenvalue weighted by molar-refractivity contribution is 5.77. The summed E-state index contributed by atoms with van der Waals surface area (Å²) in [5.41, 5.74) is -0.435. The van der Waals surface area contributed by atoms with Crippen molar-refractivity contribution in [2.45, 2.75) is 32.0 Å². The fraction of sp³-hybridized carbons (Fsp3) is 0.316. The molecule has 0 saturated heterocycles. The lowest BCUT2D eigenvalue weighted by Crippen LogP contribution is -2.25. The quantitative estimate of drug-likeness (QED) is 0.752. The molecule has 1 N–H and O–H groups in total. The van der Waals surface area contributed by atoms with E-state index in [1.807, 2.05) is 25.1 Å². The van der Waals surface area contributed by atoms with Gasteiger partial charge in [-0.25, -0.2) is 4.39 Å². The van der Waals surface area contributed by atoms with Gasteiger partial charge in [-0.2, -0.15) is 13.2 Å². The molecule has 0 aliphatic carbocycles. The van der Waals surface area contributed by atoms with Gasteiger partial charge in [0.2, 0.25) is 5.91 Å². The van der Waals surface area contributed by atoms with Crippen LogP contribution in [0, 0.1) is 5.82 Å². The van der Waals surface area contributed by atoms with Crippen LogP contribution in [0.1, 0.15) is 36.0 Å². The van der Waals surface area contributed by atoms with Crippen LogP contribution in [0.25, 0.3) is 0 Å². The summed E-state index contributed by atoms with van der Waals surface area (Å²) in [6, 6.07) is 9.63. The predicted molar refractivity (Wildman–Crippen MR) is 89.3 cm³/mol. The smallest absolute Gasteiger partial charge is 0.416 e. The number of benzene rings is 2. The molecule has 0 aromatic heterocycles. The number of amides is 1. The number of carbonyl (C=O) groups is 1. The molecule has 2 aromatic carbocycles. The number of rotatable bonds is 6. The summed E-state index contributed by atoms with van der Waals surface area (Å²) in [6.45, 7) is 1.50. The van der Waals surface area contributed by atoms with E-state index in [1.54, 1.807) is 6.07 Å². The second kappa shape index (κ2) is 8.21. The number of hydrogen-bond acceptors (Lipinski definition) is 2. The van der Waals surface area contributed by atoms with Crippen molar-refractivity contribution in [1.82, 2.24) is 5.32 Å². The molecule has 0 spiro atoms. The SMILES string of the molecule is COc1ccccc1C(C)CC(=O)NCc1ccc(F)cc1C(F)(F)F. The summed E-state index contributed by atoms with van der Waals surface area (Å²) >= 11 is 0. The Bertz CT molecular complexity index is 774. The zero-order chi connectivity index (χ0) is 19.3. The molecule has 0 fully saturated rings. The Labute approximate surface area is 149 Å². The van der Waals surface area contributed by atoms with Crippen LogP contribution >= 0.6 is 0 Å². The summed E-state index contributed by atoms with van der Waals surface area (Å²) in [5, 5.41) is 2.47. The molecule has 2 aromatic rings. The highest BCUT2D eigenvalue weighted by Gasteiger charge is 2.33. The van der Waals surface area contributed by atoms with Crippen LogP contribution in [0.15, 0.2) is 42.5 Å². The maximum atomic E-state index is 13.1. The molecule has 140 valence electrons. The zero-order valence-electron chi connectivity index (χ0n) is 14.4. The molecule has 26 heavy (non-hydrogen) atoms. The first-order valence-electron chi connectivity index (χ1n) is 7.97. The number of methoxy groups -OCH3 is 1. The van der Waals surface area contributed by atoms with Crippen LogP contribution in [0.4, 0.5) is 17.6 Å². The van der Waals surface area contributed by atoms with Gasteiger partial charge in [-0.15, -0.1) is 0 Å². The van der Waals surface area contributed by atoms with E-state index in [-0.39, 0.29) is 24.4 Å². The lowest BCUT2D eigenvalue weighted by Gasteiger charge is -2.16. The molecular formula is C19H19F4NO2. The summed E-state index contributed by atoms with van der Waals surface area (Å²) in [7, 11) is 1.53. The summed E-state index contributed by atoms with van der Waals surface area (Å²) in [6.07, 6.45) is -4.60. The van der Waals surface area contributed by atoms with Gasteiger partial charge in [0.05, 0.1) is 12.7 Å². The molecule has 0 heterocycles. The topological polar surface area (TPSA) is 38.3 Å². The van der Waals surface area contributed by atoms with Crippen molar-refractivity contribution in [3.63, 3.8) is 0 Å². The van der Waals surface area contributed by atoms with E-state index in [0.29, 0.717) is 11.8 Å². The monoisotopic (exact) mass is 369 g/mol. The molecule has 0 bridgehead atoms. The van der Waals surface area contributed by atoms with Crippen molar-refractivity contribution in [3.05, 3.63) is 65.0 Å². The van der Waals surface area contributed by atoms with Crippen LogP contribution in [0.5, 0.6) is 5.75 Å². The van der Waals surface area contributed by atoms with Crippen LogP contribution < -0.4 is 10.1 Å². The maximum Gasteiger partial charge on any atom is 0.416 e. The number of hydrogen-bond donors (Lipinski definition) is 1. The molecule has 1 atom stereocenters. The summed E-state index contributed by atoms with van der Waals surface area (Å²) in [5.74, 6) is -0.912. The Balaban J connectivity index is 2.03. The van der Waals surface area contributed by atoms with Crippen molar-refractivity contribution in [3.8, 4) is 5.75 Å². The minimum atomic E-state index is -4.69. The van der Waals surface area contributed by atoms with Gasteiger partial charge in [0.1, 0.15) is 11.6 Å². The van der Waals surface area contributed by atoms with Crippen molar-refractivity contribution in [2.75, 3.05) is 7.11 Å². The van der Waals surface area contributed by atoms with E-state index < -0.39 is 23.5 Å². The van der Waals surface area contributed by atoms with Gasteiger partial charge < -0.3 is 10.1 Å². The van der Waals surface area contributed by atoms with Gasteiger partial charge in [-0.1, -0.05) is 31.2 Å². The Morgan fingerprint density at radius 2 is 1.88 bits per heavy atom. The van der Waals surface area contributed by atoms with E-state index in [2.05, 4.69) is 5.32 Å². The van der Waals surface area contributed by atoms with Crippen LogP contribution in [-0.2, 0) is 17.5 Å². The molecule has 0 saturated carbocycles. The van der Waals surface area contributed by atoms with Gasteiger partial charge in [0.15, 0.2) is 0 Å². The Morgan fingerprint density at radius 3 is 2.54 bits per heavy atom. The largest absolute Gasteiger partial charge is 0.496 e. The van der Waals surface area contributed by atoms with E-state index >= 15 is 0 Å². The first kappa shape index (κ1) is 19.8. The number of ether oxygens (including phenoxy) is 1. The minimum absolute atomic E-state index is 0.0862. The Morgan fingerprint density at radius 1 is 1.19 bits per heavy atom. The fourth-order valence-electron chi connectivity index (χ4n) is 2.69. The first-order valence-corrected chi connectivity index (χ1v) is 7.97. The van der Waals surface area contributed by atoms with Crippen molar-refractivity contribution >= 4 is 5.91 Å². The third-order valence-electron chi connectivity index (χ3n) is 4.01. The van der Waals surface area contributed by atoms with Crippen molar-refractivity contribution < 1.29 is 27.1 Å². The van der Waals surface area contributed by atoms with Crippen molar-refractivity contribution in [1.29, 1.82) is 0 Å². The molecule has 0 aliphatic heterocycles. The molecule has 7 heteroatoms. The lowest BCUT2D eigenvalue weighted by molar-refractivity contribution is -0.138. The number of alkyl halides is 3. The summed E-state index contributed by atoms with van der Waals surface area (Å²) < 4.78 is 57.3. The average molecular weight is 369 g/mol. The molecule has 1 unspecified atom stereocenters. The van der Waals surface area contributed by atoms with Crippen molar-refractivity contribution in [2.24, 2.45) is 0 Å². The molecule has 2 rings (SSSR count). The highest BCUT2D eigenvalue weighted by Crippen LogP contribution is 2.33. The maximum absolute atomic E-state index is 13.1. The zero-order valence-corrected chi connectivity index (χ0v) is 14.4. The standard InChI is InChI=1S/C19H19F4NO2/c1-12(15-5-3-4-6-17(15)26-2)9-18(25)24-11-13-7-8-14(20)10-16(13)19(21,22)23/h3-8,10,12H,9,11H2,1-2H3,(H,24,25). The van der Waals surface area contributed by atoms with Gasteiger partial charge in [-0.3, -0.25) is 4.79 Å². The third-order valence-corrected chi connectivity index (χ3v) is 4.01. The molecule has 0 radical (unpaired) electrons. The van der Waals surface area contributed by atoms with Gasteiger partial charge >= 0.3 is 6.18 Å². The van der Waals surface area contributed by atoms with E-state index in [9.17, 15) is 22.4 Å². The van der Waals surface area contributed by atoms with Crippen LogP contribution in [0.3, 0.4) is 0 Å². The van der Waals surface area contributed by atoms with Gasteiger partial charge in [0, 0.05) is 13.0 Å². The normalized spacial score (nSPS) is 12.5. The van der Waals surface area contributed by atoms with E-state index in [4.69, 9.17) is 4.74 Å².